The molecule has 1 N–H and O–H groups in total. The first-order valence-corrected chi connectivity index (χ1v) is 8.75. The largest absolute Gasteiger partial charge is 0.507 e. The number of hydrogen-bond acceptors (Lipinski definition) is 4. The van der Waals surface area contributed by atoms with Crippen molar-refractivity contribution in [2.24, 2.45) is 5.10 Å². The van der Waals surface area contributed by atoms with E-state index in [4.69, 9.17) is 4.74 Å². The molecule has 1 amide bonds. The molecule has 1 aliphatic heterocycles. The fourth-order valence-corrected chi connectivity index (χ4v) is 3.35. The molecule has 0 saturated carbocycles. The molecule has 26 heavy (non-hydrogen) atoms. The van der Waals surface area contributed by atoms with E-state index in [1.165, 1.54) is 11.9 Å². The van der Waals surface area contributed by atoms with Crippen LogP contribution in [0.4, 0.5) is 0 Å². The number of carbonyl (C=O) groups is 1. The first-order valence-electron chi connectivity index (χ1n) is 8.75. The van der Waals surface area contributed by atoms with Gasteiger partial charge in [0.2, 0.25) is 5.91 Å². The lowest BCUT2D eigenvalue weighted by atomic mass is 9.93. The van der Waals surface area contributed by atoms with Crippen LogP contribution in [-0.4, -0.2) is 28.8 Å². The third-order valence-electron chi connectivity index (χ3n) is 4.71. The van der Waals surface area contributed by atoms with Crippen molar-refractivity contribution in [2.45, 2.75) is 39.2 Å². The molecule has 0 aliphatic carbocycles. The lowest BCUT2D eigenvalue weighted by molar-refractivity contribution is -0.130. The van der Waals surface area contributed by atoms with E-state index in [9.17, 15) is 9.90 Å². The summed E-state index contributed by atoms with van der Waals surface area (Å²) in [6, 6.07) is 12.9. The number of hydrogen-bond donors (Lipinski definition) is 1. The average molecular weight is 352 g/mol. The first-order chi connectivity index (χ1) is 12.4. The van der Waals surface area contributed by atoms with Crippen molar-refractivity contribution in [1.29, 1.82) is 0 Å². The Balaban J connectivity index is 2.00. The highest BCUT2D eigenvalue weighted by molar-refractivity contribution is 6.05. The summed E-state index contributed by atoms with van der Waals surface area (Å²) in [6.45, 7) is 5.74. The molecule has 2 aromatic rings. The summed E-state index contributed by atoms with van der Waals surface area (Å²) in [4.78, 5) is 12.2. The molecule has 136 valence electrons. The van der Waals surface area contributed by atoms with Gasteiger partial charge in [-0.05, 0) is 41.3 Å². The standard InChI is InChI=1S/C21H24N2O3/c1-13(2)17-11-15(9-10-21(17)26-4)19-12-18(22-23(19)14(3)24)16-7-5-6-8-20(16)25/h5-11,13,19,25H,12H2,1-4H3. The van der Waals surface area contributed by atoms with E-state index in [-0.39, 0.29) is 17.7 Å². The van der Waals surface area contributed by atoms with E-state index in [1.807, 2.05) is 24.3 Å². The zero-order chi connectivity index (χ0) is 18.8. The average Bonchev–Trinajstić information content (AvgIpc) is 3.07. The van der Waals surface area contributed by atoms with Crippen molar-refractivity contribution >= 4 is 11.6 Å². The van der Waals surface area contributed by atoms with Gasteiger partial charge in [-0.1, -0.05) is 32.0 Å². The minimum Gasteiger partial charge on any atom is -0.507 e. The number of phenolic OH excluding ortho intramolecular Hbond substituents is 1. The summed E-state index contributed by atoms with van der Waals surface area (Å²) >= 11 is 0. The van der Waals surface area contributed by atoms with Gasteiger partial charge in [0.1, 0.15) is 11.5 Å². The Morgan fingerprint density at radius 1 is 1.27 bits per heavy atom. The van der Waals surface area contributed by atoms with Gasteiger partial charge in [0, 0.05) is 18.9 Å². The lowest BCUT2D eigenvalue weighted by Gasteiger charge is -2.22. The van der Waals surface area contributed by atoms with Crippen LogP contribution in [0.25, 0.3) is 0 Å². The monoisotopic (exact) mass is 352 g/mol. The normalized spacial score (nSPS) is 16.7. The SMILES string of the molecule is COc1ccc(C2CC(c3ccccc3O)=NN2C(C)=O)cc1C(C)C. The Hall–Kier alpha value is -2.82. The number of methoxy groups -OCH3 is 1. The summed E-state index contributed by atoms with van der Waals surface area (Å²) in [7, 11) is 1.66. The highest BCUT2D eigenvalue weighted by atomic mass is 16.5. The van der Waals surface area contributed by atoms with Crippen LogP contribution in [0, 0.1) is 0 Å². The zero-order valence-corrected chi connectivity index (χ0v) is 15.6. The number of amides is 1. The molecular formula is C21H24N2O3. The third kappa shape index (κ3) is 3.29. The van der Waals surface area contributed by atoms with Crippen LogP contribution in [0.1, 0.15) is 55.8 Å². The maximum absolute atomic E-state index is 12.2. The minimum absolute atomic E-state index is 0.123. The predicted molar refractivity (Wildman–Crippen MR) is 102 cm³/mol. The van der Waals surface area contributed by atoms with E-state index < -0.39 is 0 Å². The number of ether oxygens (including phenoxy) is 1. The molecule has 0 bridgehead atoms. The predicted octanol–water partition coefficient (Wildman–Crippen LogP) is 4.22. The summed E-state index contributed by atoms with van der Waals surface area (Å²) in [6.07, 6.45) is 0.557. The second kappa shape index (κ2) is 7.20. The molecular weight excluding hydrogens is 328 g/mol. The molecule has 2 aromatic carbocycles. The van der Waals surface area contributed by atoms with Gasteiger partial charge < -0.3 is 9.84 Å². The van der Waals surface area contributed by atoms with Crippen molar-refractivity contribution in [3.05, 3.63) is 59.2 Å². The molecule has 1 unspecified atom stereocenters. The van der Waals surface area contributed by atoms with Crippen LogP contribution in [0.5, 0.6) is 11.5 Å². The molecule has 1 heterocycles. The van der Waals surface area contributed by atoms with Crippen molar-refractivity contribution < 1.29 is 14.6 Å². The highest BCUT2D eigenvalue weighted by Crippen LogP contribution is 2.37. The van der Waals surface area contributed by atoms with E-state index in [0.29, 0.717) is 23.6 Å². The van der Waals surface area contributed by atoms with Gasteiger partial charge >= 0.3 is 0 Å². The smallest absolute Gasteiger partial charge is 0.240 e. The third-order valence-corrected chi connectivity index (χ3v) is 4.71. The van der Waals surface area contributed by atoms with Gasteiger partial charge in [0.25, 0.3) is 0 Å². The summed E-state index contributed by atoms with van der Waals surface area (Å²) < 4.78 is 5.46. The number of aromatic hydroxyl groups is 1. The topological polar surface area (TPSA) is 62.1 Å². The van der Waals surface area contributed by atoms with Gasteiger partial charge in [-0.15, -0.1) is 0 Å². The Bertz CT molecular complexity index is 858. The Kier molecular flexibility index (Phi) is 4.98. The molecule has 5 nitrogen and oxygen atoms in total. The van der Waals surface area contributed by atoms with E-state index in [2.05, 4.69) is 25.0 Å². The van der Waals surface area contributed by atoms with Crippen LogP contribution < -0.4 is 4.74 Å². The maximum atomic E-state index is 12.2. The number of hydrazone groups is 1. The number of benzene rings is 2. The van der Waals surface area contributed by atoms with Crippen molar-refractivity contribution in [3.8, 4) is 11.5 Å². The molecule has 0 aromatic heterocycles. The van der Waals surface area contributed by atoms with Crippen LogP contribution >= 0.6 is 0 Å². The molecule has 0 radical (unpaired) electrons. The molecule has 3 rings (SSSR count). The minimum atomic E-state index is -0.189. The Labute approximate surface area is 153 Å². The summed E-state index contributed by atoms with van der Waals surface area (Å²) in [5.74, 6) is 1.20. The Morgan fingerprint density at radius 3 is 2.62 bits per heavy atom. The van der Waals surface area contributed by atoms with Gasteiger partial charge in [0.15, 0.2) is 0 Å². The molecule has 0 fully saturated rings. The quantitative estimate of drug-likeness (QED) is 0.896. The van der Waals surface area contributed by atoms with Crippen LogP contribution in [0.2, 0.25) is 0 Å². The fraction of sp³-hybridized carbons (Fsp3) is 0.333. The van der Waals surface area contributed by atoms with Crippen LogP contribution in [0.3, 0.4) is 0 Å². The van der Waals surface area contributed by atoms with E-state index in [1.54, 1.807) is 19.2 Å². The van der Waals surface area contributed by atoms with Gasteiger partial charge in [-0.3, -0.25) is 4.79 Å². The van der Waals surface area contributed by atoms with Gasteiger partial charge in [0.05, 0.1) is 18.9 Å². The molecule has 1 aliphatic rings. The maximum Gasteiger partial charge on any atom is 0.240 e. The number of rotatable bonds is 4. The Morgan fingerprint density at radius 2 is 2.00 bits per heavy atom. The highest BCUT2D eigenvalue weighted by Gasteiger charge is 2.32. The van der Waals surface area contributed by atoms with Crippen molar-refractivity contribution in [3.63, 3.8) is 0 Å². The summed E-state index contributed by atoms with van der Waals surface area (Å²) in [5.41, 5.74) is 3.49. The van der Waals surface area contributed by atoms with E-state index in [0.717, 1.165) is 16.9 Å². The van der Waals surface area contributed by atoms with Crippen LogP contribution in [0.15, 0.2) is 47.6 Å². The zero-order valence-electron chi connectivity index (χ0n) is 15.6. The van der Waals surface area contributed by atoms with Gasteiger partial charge in [-0.2, -0.15) is 5.10 Å². The molecule has 5 heteroatoms. The summed E-state index contributed by atoms with van der Waals surface area (Å²) in [5, 5.41) is 16.1. The molecule has 0 spiro atoms. The first kappa shape index (κ1) is 18.0. The second-order valence-corrected chi connectivity index (χ2v) is 6.80. The number of phenols is 1. The van der Waals surface area contributed by atoms with Crippen molar-refractivity contribution in [2.75, 3.05) is 7.11 Å². The number of nitrogens with zero attached hydrogens (tertiary/aromatic N) is 2. The van der Waals surface area contributed by atoms with Gasteiger partial charge in [-0.25, -0.2) is 5.01 Å². The molecule has 0 saturated heterocycles. The van der Waals surface area contributed by atoms with Crippen molar-refractivity contribution in [1.82, 2.24) is 5.01 Å². The number of carbonyl (C=O) groups excluding carboxylic acids is 1. The fourth-order valence-electron chi connectivity index (χ4n) is 3.35. The lowest BCUT2D eigenvalue weighted by Crippen LogP contribution is -2.24. The van der Waals surface area contributed by atoms with E-state index >= 15 is 0 Å². The second-order valence-electron chi connectivity index (χ2n) is 6.80. The molecule has 1 atom stereocenters. The van der Waals surface area contributed by atoms with Crippen LogP contribution in [-0.2, 0) is 4.79 Å². The number of para-hydroxylation sites is 1.